The zero-order valence-electron chi connectivity index (χ0n) is 12.8. The Morgan fingerprint density at radius 3 is 2.00 bits per heavy atom. The lowest BCUT2D eigenvalue weighted by molar-refractivity contribution is -0.401. The van der Waals surface area contributed by atoms with Gasteiger partial charge < -0.3 is 16.2 Å². The molecule has 0 aliphatic carbocycles. The molecule has 0 heterocycles. The van der Waals surface area contributed by atoms with E-state index in [4.69, 9.17) is 10.8 Å². The number of rotatable bonds is 10. The largest absolute Gasteiger partial charge is 0.480 e. The molecule has 0 bridgehead atoms. The van der Waals surface area contributed by atoms with Crippen LogP contribution in [0.3, 0.4) is 0 Å². The highest BCUT2D eigenvalue weighted by atomic mass is 16.6. The van der Waals surface area contributed by atoms with Gasteiger partial charge in [0.2, 0.25) is 0 Å². The Labute approximate surface area is 139 Å². The van der Waals surface area contributed by atoms with Crippen LogP contribution in [-0.2, 0) is 4.79 Å². The van der Waals surface area contributed by atoms with Gasteiger partial charge in [-0.1, -0.05) is 0 Å². The van der Waals surface area contributed by atoms with Gasteiger partial charge in [-0.05, 0) is 19.3 Å². The minimum Gasteiger partial charge on any atom is -0.480 e. The van der Waals surface area contributed by atoms with Crippen molar-refractivity contribution in [1.29, 1.82) is 0 Å². The van der Waals surface area contributed by atoms with Crippen molar-refractivity contribution in [1.82, 2.24) is 0 Å². The van der Waals surface area contributed by atoms with E-state index in [1.165, 1.54) is 0 Å². The Bertz CT molecular complexity index is 672. The maximum Gasteiger partial charge on any atom is 0.320 e. The molecule has 0 fully saturated rings. The SMILES string of the molecule is N[C@@H](CCCCNc1c([N+](=O)[O-])cc([N+](=O)[O-])cc1[N+](=O)[O-])C(=O)O. The van der Waals surface area contributed by atoms with Crippen LogP contribution in [0.5, 0.6) is 0 Å². The Morgan fingerprint density at radius 2 is 1.60 bits per heavy atom. The van der Waals surface area contributed by atoms with Crippen LogP contribution in [-0.4, -0.2) is 38.4 Å². The fourth-order valence-corrected chi connectivity index (χ4v) is 2.00. The molecule has 13 nitrogen and oxygen atoms in total. The third kappa shape index (κ3) is 5.35. The van der Waals surface area contributed by atoms with Crippen molar-refractivity contribution in [2.45, 2.75) is 25.3 Å². The number of benzene rings is 1. The van der Waals surface area contributed by atoms with Crippen LogP contribution in [0.25, 0.3) is 0 Å². The van der Waals surface area contributed by atoms with Gasteiger partial charge in [0.15, 0.2) is 5.69 Å². The monoisotopic (exact) mass is 357 g/mol. The molecule has 1 aromatic rings. The number of nitro benzene ring substituents is 3. The van der Waals surface area contributed by atoms with Gasteiger partial charge in [-0.3, -0.25) is 35.1 Å². The predicted molar refractivity (Wildman–Crippen MR) is 84.4 cm³/mol. The molecular formula is C12H15N5O8. The first-order chi connectivity index (χ1) is 11.6. The predicted octanol–water partition coefficient (Wildman–Crippen LogP) is 1.41. The quantitative estimate of drug-likeness (QED) is 0.311. The summed E-state index contributed by atoms with van der Waals surface area (Å²) in [6, 6.07) is 0.230. The van der Waals surface area contributed by atoms with Gasteiger partial charge in [0.05, 0.1) is 26.9 Å². The van der Waals surface area contributed by atoms with Gasteiger partial charge in [0.1, 0.15) is 6.04 Å². The highest BCUT2D eigenvalue weighted by Crippen LogP contribution is 2.38. The number of nitrogens with two attached hydrogens (primary N) is 1. The zero-order chi connectivity index (χ0) is 19.1. The summed E-state index contributed by atoms with van der Waals surface area (Å²) in [5.41, 5.74) is 2.53. The van der Waals surface area contributed by atoms with E-state index < -0.39 is 49.5 Å². The standard InChI is InChI=1S/C12H15N5O8/c13-8(12(18)19)3-1-2-4-14-11-9(16(22)23)5-7(15(20)21)6-10(11)17(24)25/h5-6,8,14H,1-4,13H2,(H,18,19)/t8-/m0/s1. The minimum atomic E-state index is -1.16. The summed E-state index contributed by atoms with van der Waals surface area (Å²) in [6.45, 7) is 0.0613. The van der Waals surface area contributed by atoms with E-state index in [9.17, 15) is 35.1 Å². The molecule has 4 N–H and O–H groups in total. The molecule has 0 radical (unpaired) electrons. The van der Waals surface area contributed by atoms with E-state index in [1.807, 2.05) is 0 Å². The molecule has 1 rings (SSSR count). The van der Waals surface area contributed by atoms with E-state index in [1.54, 1.807) is 0 Å². The van der Waals surface area contributed by atoms with E-state index in [0.29, 0.717) is 25.0 Å². The lowest BCUT2D eigenvalue weighted by Gasteiger charge is -2.09. The molecule has 136 valence electrons. The number of hydrogen-bond donors (Lipinski definition) is 3. The van der Waals surface area contributed by atoms with Gasteiger partial charge in [-0.2, -0.15) is 0 Å². The molecular weight excluding hydrogens is 342 g/mol. The van der Waals surface area contributed by atoms with Gasteiger partial charge in [0, 0.05) is 6.54 Å². The maximum atomic E-state index is 11.1. The Hall–Kier alpha value is -3.35. The number of carbonyl (C=O) groups is 1. The second-order valence-electron chi connectivity index (χ2n) is 5.00. The van der Waals surface area contributed by atoms with Crippen molar-refractivity contribution in [3.63, 3.8) is 0 Å². The first kappa shape index (κ1) is 19.7. The van der Waals surface area contributed by atoms with E-state index in [-0.39, 0.29) is 13.0 Å². The first-order valence-electron chi connectivity index (χ1n) is 6.98. The Balaban J connectivity index is 2.93. The average molecular weight is 357 g/mol. The van der Waals surface area contributed by atoms with Crippen molar-refractivity contribution in [3.05, 3.63) is 42.5 Å². The first-order valence-corrected chi connectivity index (χ1v) is 6.98. The normalized spacial score (nSPS) is 11.6. The number of nitro groups is 3. The Kier molecular flexibility index (Phi) is 6.69. The van der Waals surface area contributed by atoms with Crippen LogP contribution in [0, 0.1) is 30.3 Å². The van der Waals surface area contributed by atoms with Gasteiger partial charge in [0.25, 0.3) is 5.69 Å². The van der Waals surface area contributed by atoms with Gasteiger partial charge >= 0.3 is 17.3 Å². The van der Waals surface area contributed by atoms with Crippen molar-refractivity contribution >= 4 is 28.7 Å². The number of hydrogen-bond acceptors (Lipinski definition) is 9. The third-order valence-electron chi connectivity index (χ3n) is 3.25. The molecule has 0 aliphatic rings. The van der Waals surface area contributed by atoms with Crippen molar-refractivity contribution in [2.75, 3.05) is 11.9 Å². The van der Waals surface area contributed by atoms with Crippen LogP contribution in [0.1, 0.15) is 19.3 Å². The summed E-state index contributed by atoms with van der Waals surface area (Å²) in [7, 11) is 0. The molecule has 0 spiro atoms. The Morgan fingerprint density at radius 1 is 1.08 bits per heavy atom. The topological polar surface area (TPSA) is 205 Å². The molecule has 13 heteroatoms. The van der Waals surface area contributed by atoms with Crippen molar-refractivity contribution in [2.24, 2.45) is 5.73 Å². The molecule has 0 unspecified atom stereocenters. The zero-order valence-corrected chi connectivity index (χ0v) is 12.8. The van der Waals surface area contributed by atoms with Gasteiger partial charge in [-0.15, -0.1) is 0 Å². The molecule has 25 heavy (non-hydrogen) atoms. The summed E-state index contributed by atoms with van der Waals surface area (Å²) in [5, 5.41) is 44.0. The van der Waals surface area contributed by atoms with E-state index in [0.717, 1.165) is 0 Å². The molecule has 1 atom stereocenters. The summed E-state index contributed by atoms with van der Waals surface area (Å²) >= 11 is 0. The van der Waals surface area contributed by atoms with Crippen molar-refractivity contribution < 1.29 is 24.7 Å². The number of carboxylic acid groups (broad SMARTS) is 1. The minimum absolute atomic E-state index is 0.0613. The lowest BCUT2D eigenvalue weighted by Crippen LogP contribution is -2.29. The maximum absolute atomic E-state index is 11.1. The number of carboxylic acids is 1. The highest BCUT2D eigenvalue weighted by molar-refractivity contribution is 5.77. The molecule has 1 aromatic carbocycles. The summed E-state index contributed by atoms with van der Waals surface area (Å²) < 4.78 is 0. The van der Waals surface area contributed by atoms with Crippen LogP contribution < -0.4 is 11.1 Å². The van der Waals surface area contributed by atoms with E-state index in [2.05, 4.69) is 5.32 Å². The van der Waals surface area contributed by atoms with Crippen LogP contribution >= 0.6 is 0 Å². The highest BCUT2D eigenvalue weighted by Gasteiger charge is 2.30. The van der Waals surface area contributed by atoms with Crippen molar-refractivity contribution in [3.8, 4) is 0 Å². The van der Waals surface area contributed by atoms with E-state index >= 15 is 0 Å². The third-order valence-corrected chi connectivity index (χ3v) is 3.25. The number of unbranched alkanes of at least 4 members (excludes halogenated alkanes) is 1. The number of aliphatic carboxylic acids is 1. The fraction of sp³-hybridized carbons (Fsp3) is 0.417. The van der Waals surface area contributed by atoms with Crippen LogP contribution in [0.15, 0.2) is 12.1 Å². The second kappa shape index (κ2) is 8.49. The lowest BCUT2D eigenvalue weighted by atomic mass is 10.1. The molecule has 0 aliphatic heterocycles. The molecule has 0 aromatic heterocycles. The van der Waals surface area contributed by atoms with Crippen LogP contribution in [0.4, 0.5) is 22.7 Å². The second-order valence-corrected chi connectivity index (χ2v) is 5.00. The van der Waals surface area contributed by atoms with Gasteiger partial charge in [-0.25, -0.2) is 0 Å². The summed E-state index contributed by atoms with van der Waals surface area (Å²) in [5.74, 6) is -1.16. The number of anilines is 1. The van der Waals surface area contributed by atoms with Crippen LogP contribution in [0.2, 0.25) is 0 Å². The average Bonchev–Trinajstić information content (AvgIpc) is 2.53. The molecule has 0 saturated carbocycles. The fourth-order valence-electron chi connectivity index (χ4n) is 2.00. The molecule has 0 amide bonds. The summed E-state index contributed by atoms with van der Waals surface area (Å²) in [4.78, 5) is 40.6. The number of non-ortho nitro benzene ring substituents is 1. The number of nitrogens with one attached hydrogen (secondary N) is 1. The smallest absolute Gasteiger partial charge is 0.320 e. The number of nitrogens with zero attached hydrogens (tertiary/aromatic N) is 3. The summed E-state index contributed by atoms with van der Waals surface area (Å²) in [6.07, 6.45) is 0.878. The molecule has 0 saturated heterocycles.